The SMILES string of the molecule is Cc1c(Cl)c(C)c(C2CC(=O)C=C(O)C2)c(C)c1Cl. The van der Waals surface area contributed by atoms with Gasteiger partial charge in [0.1, 0.15) is 0 Å². The van der Waals surface area contributed by atoms with Crippen molar-refractivity contribution in [3.8, 4) is 0 Å². The predicted octanol–water partition coefficient (Wildman–Crippen LogP) is 4.81. The van der Waals surface area contributed by atoms with Crippen LogP contribution in [0.25, 0.3) is 0 Å². The Bertz CT molecular complexity index is 559. The topological polar surface area (TPSA) is 37.3 Å². The second kappa shape index (κ2) is 5.18. The summed E-state index contributed by atoms with van der Waals surface area (Å²) in [7, 11) is 0. The van der Waals surface area contributed by atoms with Gasteiger partial charge in [-0.1, -0.05) is 23.2 Å². The molecule has 1 aliphatic carbocycles. The molecule has 1 unspecified atom stereocenters. The summed E-state index contributed by atoms with van der Waals surface area (Å²) in [5, 5.41) is 11.0. The van der Waals surface area contributed by atoms with E-state index in [4.69, 9.17) is 23.2 Å². The molecule has 0 heterocycles. The van der Waals surface area contributed by atoms with E-state index in [0.717, 1.165) is 22.3 Å². The molecule has 1 aliphatic rings. The first kappa shape index (κ1) is 14.4. The number of rotatable bonds is 1. The molecule has 4 heteroatoms. The summed E-state index contributed by atoms with van der Waals surface area (Å²) in [6.07, 6.45) is 2.16. The Morgan fingerprint density at radius 2 is 1.58 bits per heavy atom. The first-order chi connectivity index (χ1) is 8.82. The molecule has 2 rings (SSSR count). The van der Waals surface area contributed by atoms with Gasteiger partial charge in [0.15, 0.2) is 5.78 Å². The average molecular weight is 299 g/mol. The molecule has 1 atom stereocenters. The van der Waals surface area contributed by atoms with Gasteiger partial charge in [0.25, 0.3) is 0 Å². The molecular formula is C15H16Cl2O2. The maximum absolute atomic E-state index is 11.6. The highest BCUT2D eigenvalue weighted by Crippen LogP contribution is 2.41. The first-order valence-electron chi connectivity index (χ1n) is 6.20. The van der Waals surface area contributed by atoms with E-state index in [0.29, 0.717) is 22.9 Å². The van der Waals surface area contributed by atoms with Crippen LogP contribution in [0.3, 0.4) is 0 Å². The summed E-state index contributed by atoms with van der Waals surface area (Å²) in [6.45, 7) is 5.76. The van der Waals surface area contributed by atoms with Crippen LogP contribution in [-0.2, 0) is 4.79 Å². The molecule has 0 radical (unpaired) electrons. The van der Waals surface area contributed by atoms with Gasteiger partial charge in [0.2, 0.25) is 0 Å². The molecule has 2 nitrogen and oxygen atoms in total. The van der Waals surface area contributed by atoms with Crippen LogP contribution in [0.4, 0.5) is 0 Å². The smallest absolute Gasteiger partial charge is 0.159 e. The van der Waals surface area contributed by atoms with Gasteiger partial charge < -0.3 is 5.11 Å². The predicted molar refractivity (Wildman–Crippen MR) is 78.4 cm³/mol. The number of benzene rings is 1. The van der Waals surface area contributed by atoms with E-state index in [-0.39, 0.29) is 17.5 Å². The second-order valence-corrected chi connectivity index (χ2v) is 5.88. The van der Waals surface area contributed by atoms with E-state index >= 15 is 0 Å². The van der Waals surface area contributed by atoms with Crippen molar-refractivity contribution in [2.45, 2.75) is 39.5 Å². The van der Waals surface area contributed by atoms with Gasteiger partial charge in [-0.05, 0) is 48.9 Å². The van der Waals surface area contributed by atoms with E-state index < -0.39 is 0 Å². The van der Waals surface area contributed by atoms with Crippen LogP contribution in [0.1, 0.15) is 41.0 Å². The number of hydrogen-bond acceptors (Lipinski definition) is 2. The highest BCUT2D eigenvalue weighted by atomic mass is 35.5. The first-order valence-corrected chi connectivity index (χ1v) is 6.95. The fourth-order valence-corrected chi connectivity index (χ4v) is 3.31. The van der Waals surface area contributed by atoms with Crippen LogP contribution in [0, 0.1) is 20.8 Å². The Labute approximate surface area is 123 Å². The zero-order chi connectivity index (χ0) is 14.3. The third-order valence-electron chi connectivity index (χ3n) is 3.76. The molecule has 0 aliphatic heterocycles. The number of aliphatic hydroxyl groups excluding tert-OH is 1. The minimum absolute atomic E-state index is 0.0481. The average Bonchev–Trinajstić information content (AvgIpc) is 2.33. The Morgan fingerprint density at radius 1 is 1.05 bits per heavy atom. The maximum Gasteiger partial charge on any atom is 0.159 e. The van der Waals surface area contributed by atoms with Gasteiger partial charge in [-0.15, -0.1) is 0 Å². The fraction of sp³-hybridized carbons (Fsp3) is 0.400. The quantitative estimate of drug-likeness (QED) is 0.808. The van der Waals surface area contributed by atoms with Crippen LogP contribution < -0.4 is 0 Å². The molecule has 1 N–H and O–H groups in total. The molecule has 102 valence electrons. The number of hydrogen-bond donors (Lipinski definition) is 1. The Hall–Kier alpha value is -0.990. The van der Waals surface area contributed by atoms with Crippen molar-refractivity contribution in [1.29, 1.82) is 0 Å². The fourth-order valence-electron chi connectivity index (χ4n) is 2.86. The summed E-state index contributed by atoms with van der Waals surface area (Å²) in [5.41, 5.74) is 3.76. The van der Waals surface area contributed by atoms with Crippen molar-refractivity contribution in [2.75, 3.05) is 0 Å². The molecule has 0 spiro atoms. The van der Waals surface area contributed by atoms with Crippen LogP contribution >= 0.6 is 23.2 Å². The Kier molecular flexibility index (Phi) is 3.93. The molecule has 0 amide bonds. The van der Waals surface area contributed by atoms with Gasteiger partial charge in [-0.3, -0.25) is 4.79 Å². The second-order valence-electron chi connectivity index (χ2n) is 5.12. The van der Waals surface area contributed by atoms with E-state index in [1.165, 1.54) is 6.08 Å². The normalized spacial score (nSPS) is 19.5. The summed E-state index contributed by atoms with van der Waals surface area (Å²) in [4.78, 5) is 11.6. The molecular weight excluding hydrogens is 283 g/mol. The van der Waals surface area contributed by atoms with Crippen molar-refractivity contribution in [1.82, 2.24) is 0 Å². The molecule has 0 saturated carbocycles. The lowest BCUT2D eigenvalue weighted by atomic mass is 9.81. The van der Waals surface area contributed by atoms with Gasteiger partial charge in [0.05, 0.1) is 5.76 Å². The van der Waals surface area contributed by atoms with Gasteiger partial charge in [0, 0.05) is 29.0 Å². The van der Waals surface area contributed by atoms with E-state index in [9.17, 15) is 9.90 Å². The van der Waals surface area contributed by atoms with Crippen molar-refractivity contribution >= 4 is 29.0 Å². The standard InChI is InChI=1S/C15H16Cl2O2/c1-7-13(8(2)15(17)9(3)14(7)16)10-4-11(18)6-12(19)5-10/h6,10,18H,4-5H2,1-3H3. The van der Waals surface area contributed by atoms with Crippen molar-refractivity contribution in [3.63, 3.8) is 0 Å². The number of allylic oxidation sites excluding steroid dienone is 2. The molecule has 1 aromatic rings. The van der Waals surface area contributed by atoms with Gasteiger partial charge in [-0.25, -0.2) is 0 Å². The van der Waals surface area contributed by atoms with Gasteiger partial charge >= 0.3 is 0 Å². The van der Waals surface area contributed by atoms with Crippen LogP contribution in [0.5, 0.6) is 0 Å². The molecule has 0 aromatic heterocycles. The molecule has 0 bridgehead atoms. The van der Waals surface area contributed by atoms with Crippen LogP contribution in [0.2, 0.25) is 10.0 Å². The summed E-state index contributed by atoms with van der Waals surface area (Å²) < 4.78 is 0. The van der Waals surface area contributed by atoms with Crippen molar-refractivity contribution < 1.29 is 9.90 Å². The number of carbonyl (C=O) groups is 1. The zero-order valence-corrected chi connectivity index (χ0v) is 12.7. The van der Waals surface area contributed by atoms with Crippen LogP contribution in [-0.4, -0.2) is 10.9 Å². The highest BCUT2D eigenvalue weighted by Gasteiger charge is 2.27. The van der Waals surface area contributed by atoms with Crippen molar-refractivity contribution in [3.05, 3.63) is 44.1 Å². The summed E-state index contributed by atoms with van der Waals surface area (Å²) in [6, 6.07) is 0. The number of carbonyl (C=O) groups excluding carboxylic acids is 1. The molecule has 0 saturated heterocycles. The minimum Gasteiger partial charge on any atom is -0.512 e. The highest BCUT2D eigenvalue weighted by molar-refractivity contribution is 6.37. The maximum atomic E-state index is 11.6. The lowest BCUT2D eigenvalue weighted by molar-refractivity contribution is -0.115. The lowest BCUT2D eigenvalue weighted by Gasteiger charge is -2.25. The third-order valence-corrected chi connectivity index (χ3v) is 4.90. The Morgan fingerprint density at radius 3 is 2.05 bits per heavy atom. The van der Waals surface area contributed by atoms with Crippen LogP contribution in [0.15, 0.2) is 11.8 Å². The largest absolute Gasteiger partial charge is 0.512 e. The minimum atomic E-state index is -0.0552. The monoisotopic (exact) mass is 298 g/mol. The van der Waals surface area contributed by atoms with Gasteiger partial charge in [-0.2, -0.15) is 0 Å². The van der Waals surface area contributed by atoms with E-state index in [1.54, 1.807) is 0 Å². The van der Waals surface area contributed by atoms with Crippen molar-refractivity contribution in [2.24, 2.45) is 0 Å². The summed E-state index contributed by atoms with van der Waals surface area (Å²) >= 11 is 12.6. The number of ketones is 1. The number of halogens is 2. The molecule has 1 aromatic carbocycles. The molecule has 19 heavy (non-hydrogen) atoms. The van der Waals surface area contributed by atoms with E-state index in [2.05, 4.69) is 0 Å². The lowest BCUT2D eigenvalue weighted by Crippen LogP contribution is -2.15. The zero-order valence-electron chi connectivity index (χ0n) is 11.2. The van der Waals surface area contributed by atoms with E-state index in [1.807, 2.05) is 20.8 Å². The third kappa shape index (κ3) is 2.52. The Balaban J connectivity index is 2.58. The number of aliphatic hydroxyl groups is 1. The summed E-state index contributed by atoms with van der Waals surface area (Å²) in [5.74, 6) is 0.0290. The molecule has 0 fully saturated rings.